The number of carbonyl (C=O) groups excluding carboxylic acids is 3. The first-order chi connectivity index (χ1) is 12.5. The molecule has 0 bridgehead atoms. The number of piperidine rings is 1. The number of nitrogens with zero attached hydrogens (tertiary/aromatic N) is 1. The molecule has 1 aliphatic heterocycles. The Morgan fingerprint density at radius 3 is 2.50 bits per heavy atom. The Bertz CT molecular complexity index is 848. The topological polar surface area (TPSA) is 78.5 Å². The quantitative estimate of drug-likeness (QED) is 0.834. The molecular weight excluding hydrogens is 330 g/mol. The number of hydrogen-bond acceptors (Lipinski definition) is 3. The van der Waals surface area contributed by atoms with Crippen LogP contribution in [0.25, 0.3) is 0 Å². The van der Waals surface area contributed by atoms with Gasteiger partial charge < -0.3 is 15.5 Å². The molecule has 2 aromatic rings. The van der Waals surface area contributed by atoms with Gasteiger partial charge in [-0.1, -0.05) is 24.3 Å². The van der Waals surface area contributed by atoms with Crippen molar-refractivity contribution < 1.29 is 14.4 Å². The number of carbonyl (C=O) groups is 3. The summed E-state index contributed by atoms with van der Waals surface area (Å²) in [4.78, 5) is 38.1. The lowest BCUT2D eigenvalue weighted by Gasteiger charge is -2.27. The van der Waals surface area contributed by atoms with Crippen LogP contribution in [0.3, 0.4) is 0 Å². The van der Waals surface area contributed by atoms with E-state index in [1.165, 1.54) is 0 Å². The monoisotopic (exact) mass is 351 g/mol. The predicted octanol–water partition coefficient (Wildman–Crippen LogP) is 3.09. The van der Waals surface area contributed by atoms with Crippen LogP contribution in [0.1, 0.15) is 24.8 Å². The molecule has 0 aromatic heterocycles. The zero-order chi connectivity index (χ0) is 18.5. The summed E-state index contributed by atoms with van der Waals surface area (Å²) in [5.74, 6) is -1.41. The number of amides is 3. The van der Waals surface area contributed by atoms with E-state index in [2.05, 4.69) is 10.6 Å². The molecule has 0 spiro atoms. The second-order valence-corrected chi connectivity index (χ2v) is 6.28. The van der Waals surface area contributed by atoms with E-state index in [0.717, 1.165) is 24.1 Å². The molecule has 1 aliphatic rings. The highest BCUT2D eigenvalue weighted by molar-refractivity contribution is 6.43. The van der Waals surface area contributed by atoms with Gasteiger partial charge in [0.05, 0.1) is 0 Å². The SMILES string of the molecule is Cc1ccccc1NC(=O)C(=O)Nc1cccc(N2CCCCC2=O)c1. The van der Waals surface area contributed by atoms with Crippen LogP contribution in [-0.4, -0.2) is 24.3 Å². The highest BCUT2D eigenvalue weighted by atomic mass is 16.2. The molecule has 1 heterocycles. The Kier molecular flexibility index (Phi) is 5.31. The van der Waals surface area contributed by atoms with Crippen LogP contribution in [0, 0.1) is 6.92 Å². The van der Waals surface area contributed by atoms with Crippen molar-refractivity contribution in [3.05, 3.63) is 54.1 Å². The fourth-order valence-electron chi connectivity index (χ4n) is 2.91. The minimum Gasteiger partial charge on any atom is -0.318 e. The van der Waals surface area contributed by atoms with Crippen molar-refractivity contribution in [1.29, 1.82) is 0 Å². The van der Waals surface area contributed by atoms with E-state index in [1.807, 2.05) is 25.1 Å². The van der Waals surface area contributed by atoms with Crippen LogP contribution in [-0.2, 0) is 14.4 Å². The smallest absolute Gasteiger partial charge is 0.314 e. The number of para-hydroxylation sites is 1. The Labute approximate surface area is 152 Å². The van der Waals surface area contributed by atoms with E-state index in [0.29, 0.717) is 24.3 Å². The van der Waals surface area contributed by atoms with Crippen molar-refractivity contribution in [3.63, 3.8) is 0 Å². The molecule has 26 heavy (non-hydrogen) atoms. The first-order valence-corrected chi connectivity index (χ1v) is 8.63. The molecule has 134 valence electrons. The number of anilines is 3. The van der Waals surface area contributed by atoms with Crippen LogP contribution in [0.15, 0.2) is 48.5 Å². The van der Waals surface area contributed by atoms with Crippen LogP contribution in [0.5, 0.6) is 0 Å². The second kappa shape index (κ2) is 7.82. The maximum atomic E-state index is 12.2. The summed E-state index contributed by atoms with van der Waals surface area (Å²) in [6, 6.07) is 14.2. The van der Waals surface area contributed by atoms with Gasteiger partial charge in [0.1, 0.15) is 0 Å². The average molecular weight is 351 g/mol. The van der Waals surface area contributed by atoms with Crippen molar-refractivity contribution in [2.24, 2.45) is 0 Å². The molecule has 1 saturated heterocycles. The van der Waals surface area contributed by atoms with Crippen molar-refractivity contribution >= 4 is 34.8 Å². The van der Waals surface area contributed by atoms with Gasteiger partial charge in [-0.05, 0) is 49.6 Å². The first-order valence-electron chi connectivity index (χ1n) is 8.63. The maximum absolute atomic E-state index is 12.2. The number of aryl methyl sites for hydroxylation is 1. The number of hydrogen-bond donors (Lipinski definition) is 2. The Balaban J connectivity index is 1.67. The summed E-state index contributed by atoms with van der Waals surface area (Å²) in [7, 11) is 0. The first kappa shape index (κ1) is 17.7. The van der Waals surface area contributed by atoms with E-state index in [1.54, 1.807) is 35.2 Å². The third kappa shape index (κ3) is 4.08. The minimum atomic E-state index is -0.754. The normalized spacial score (nSPS) is 14.0. The summed E-state index contributed by atoms with van der Waals surface area (Å²) in [6.07, 6.45) is 2.40. The predicted molar refractivity (Wildman–Crippen MR) is 101 cm³/mol. The molecule has 0 unspecified atom stereocenters. The van der Waals surface area contributed by atoms with Crippen molar-refractivity contribution in [2.45, 2.75) is 26.2 Å². The van der Waals surface area contributed by atoms with Gasteiger partial charge in [0.15, 0.2) is 0 Å². The summed E-state index contributed by atoms with van der Waals surface area (Å²) in [5.41, 5.74) is 2.68. The van der Waals surface area contributed by atoms with Gasteiger partial charge in [-0.25, -0.2) is 0 Å². The number of benzene rings is 2. The fourth-order valence-corrected chi connectivity index (χ4v) is 2.91. The van der Waals surface area contributed by atoms with E-state index in [-0.39, 0.29) is 5.91 Å². The zero-order valence-corrected chi connectivity index (χ0v) is 14.6. The van der Waals surface area contributed by atoms with Crippen molar-refractivity contribution in [1.82, 2.24) is 0 Å². The number of nitrogens with one attached hydrogen (secondary N) is 2. The van der Waals surface area contributed by atoms with Gasteiger partial charge in [-0.3, -0.25) is 14.4 Å². The molecule has 0 atom stereocenters. The molecule has 3 rings (SSSR count). The number of rotatable bonds is 3. The maximum Gasteiger partial charge on any atom is 0.314 e. The van der Waals surface area contributed by atoms with E-state index < -0.39 is 11.8 Å². The second-order valence-electron chi connectivity index (χ2n) is 6.28. The van der Waals surface area contributed by atoms with Gasteiger partial charge in [-0.15, -0.1) is 0 Å². The third-order valence-corrected chi connectivity index (χ3v) is 4.34. The van der Waals surface area contributed by atoms with E-state index >= 15 is 0 Å². The fraction of sp³-hybridized carbons (Fsp3) is 0.250. The van der Waals surface area contributed by atoms with Gasteiger partial charge in [-0.2, -0.15) is 0 Å². The van der Waals surface area contributed by atoms with Crippen molar-refractivity contribution in [3.8, 4) is 0 Å². The van der Waals surface area contributed by atoms with Crippen LogP contribution >= 0.6 is 0 Å². The van der Waals surface area contributed by atoms with Crippen LogP contribution < -0.4 is 15.5 Å². The Morgan fingerprint density at radius 1 is 0.962 bits per heavy atom. The molecule has 0 radical (unpaired) electrons. The van der Waals surface area contributed by atoms with Crippen LogP contribution in [0.4, 0.5) is 17.1 Å². The summed E-state index contributed by atoms with van der Waals surface area (Å²) in [6.45, 7) is 2.52. The molecule has 2 N–H and O–H groups in total. The molecule has 3 amide bonds. The van der Waals surface area contributed by atoms with Gasteiger partial charge in [0, 0.05) is 30.0 Å². The standard InChI is InChI=1S/C20H21N3O3/c1-14-7-2-3-10-17(14)22-20(26)19(25)21-15-8-6-9-16(13-15)23-12-5-4-11-18(23)24/h2-3,6-10,13H,4-5,11-12H2,1H3,(H,21,25)(H,22,26). The van der Waals surface area contributed by atoms with Crippen LogP contribution in [0.2, 0.25) is 0 Å². The summed E-state index contributed by atoms with van der Waals surface area (Å²) in [5, 5.41) is 5.19. The molecular formula is C20H21N3O3. The average Bonchev–Trinajstić information content (AvgIpc) is 2.64. The van der Waals surface area contributed by atoms with Crippen molar-refractivity contribution in [2.75, 3.05) is 22.1 Å². The minimum absolute atomic E-state index is 0.0806. The molecule has 1 fully saturated rings. The molecule has 2 aromatic carbocycles. The molecule has 0 aliphatic carbocycles. The lowest BCUT2D eigenvalue weighted by atomic mass is 10.1. The highest BCUT2D eigenvalue weighted by Gasteiger charge is 2.20. The molecule has 6 heteroatoms. The van der Waals surface area contributed by atoms with E-state index in [9.17, 15) is 14.4 Å². The molecule has 0 saturated carbocycles. The summed E-state index contributed by atoms with van der Waals surface area (Å²) >= 11 is 0. The van der Waals surface area contributed by atoms with Gasteiger partial charge >= 0.3 is 11.8 Å². The summed E-state index contributed by atoms with van der Waals surface area (Å²) < 4.78 is 0. The largest absolute Gasteiger partial charge is 0.318 e. The lowest BCUT2D eigenvalue weighted by Crippen LogP contribution is -2.35. The Hall–Kier alpha value is -3.15. The lowest BCUT2D eigenvalue weighted by molar-refractivity contribution is -0.133. The van der Waals surface area contributed by atoms with E-state index in [4.69, 9.17) is 0 Å². The van der Waals surface area contributed by atoms with Gasteiger partial charge in [0.2, 0.25) is 5.91 Å². The van der Waals surface area contributed by atoms with Gasteiger partial charge in [0.25, 0.3) is 0 Å². The molecule has 6 nitrogen and oxygen atoms in total. The Morgan fingerprint density at radius 2 is 1.73 bits per heavy atom. The third-order valence-electron chi connectivity index (χ3n) is 4.34. The zero-order valence-electron chi connectivity index (χ0n) is 14.6. The highest BCUT2D eigenvalue weighted by Crippen LogP contribution is 2.24.